The van der Waals surface area contributed by atoms with Crippen LogP contribution in [0, 0.1) is 59.2 Å². The topological polar surface area (TPSA) is 270 Å². The van der Waals surface area contributed by atoms with Gasteiger partial charge in [-0.05, 0) is 42.9 Å². The zero-order valence-electron chi connectivity index (χ0n) is 26.6. The van der Waals surface area contributed by atoms with Crippen LogP contribution in [0.1, 0.15) is 74.7 Å². The van der Waals surface area contributed by atoms with Crippen LogP contribution in [-0.2, 0) is 33.5 Å². The predicted octanol–water partition coefficient (Wildman–Crippen LogP) is -4.66. The number of carbonyl (C=O) groups is 6. The maximum absolute atomic E-state index is 11.6. The molecule has 14 nitrogen and oxygen atoms in total. The van der Waals surface area contributed by atoms with Gasteiger partial charge < -0.3 is 69.2 Å². The van der Waals surface area contributed by atoms with E-state index in [9.17, 15) is 59.4 Å². The van der Waals surface area contributed by atoms with Crippen molar-refractivity contribution in [2.75, 3.05) is 13.2 Å². The highest BCUT2D eigenvalue weighted by molar-refractivity contribution is 5.84. The number of aliphatic hydroxyl groups excluding tert-OH is 1. The van der Waals surface area contributed by atoms with E-state index >= 15 is 0 Å². The summed E-state index contributed by atoms with van der Waals surface area (Å²) in [6, 6.07) is 0. The molecule has 0 fully saturated rings. The van der Waals surface area contributed by atoms with E-state index in [0.717, 1.165) is 0 Å². The van der Waals surface area contributed by atoms with Crippen LogP contribution in [0.3, 0.4) is 0 Å². The van der Waals surface area contributed by atoms with Gasteiger partial charge in [-0.3, -0.25) is 0 Å². The molecule has 0 aromatic carbocycles. The van der Waals surface area contributed by atoms with E-state index in [4.69, 9.17) is 9.84 Å². The molecule has 256 valence electrons. The zero-order chi connectivity index (χ0) is 35.1. The van der Waals surface area contributed by atoms with Gasteiger partial charge in [-0.2, -0.15) is 0 Å². The first-order chi connectivity index (χ1) is 20.1. The second-order valence-electron chi connectivity index (χ2n) is 12.4. The summed E-state index contributed by atoms with van der Waals surface area (Å²) in [4.78, 5) is 67.9. The number of rotatable bonds is 21. The van der Waals surface area contributed by atoms with Crippen molar-refractivity contribution in [3.63, 3.8) is 0 Å². The van der Waals surface area contributed by atoms with Crippen molar-refractivity contribution in [2.24, 2.45) is 59.2 Å². The van der Waals surface area contributed by atoms with Crippen LogP contribution in [-0.4, -0.2) is 60.2 Å². The molecule has 0 bridgehead atoms. The van der Waals surface area contributed by atoms with Crippen LogP contribution in [0.25, 0.3) is 0 Å². The minimum atomic E-state index is -1.80. The van der Waals surface area contributed by atoms with E-state index in [1.165, 1.54) is 13.8 Å². The number of hydrogen-bond acceptors (Lipinski definition) is 14. The summed E-state index contributed by atoms with van der Waals surface area (Å²) in [7, 11) is 0. The van der Waals surface area contributed by atoms with Crippen LogP contribution < -0.4 is 30.6 Å². The summed E-state index contributed by atoms with van der Waals surface area (Å²) in [5.74, 6) is -20.4. The maximum Gasteiger partial charge on any atom is 0.0701 e. The Hall–Kier alpha value is -3.26. The number of carboxylic acids is 6. The third kappa shape index (κ3) is 15.0. The third-order valence-corrected chi connectivity index (χ3v) is 7.23. The fraction of sp³-hybridized carbons (Fsp3) is 0.800. The highest BCUT2D eigenvalue weighted by Crippen LogP contribution is 2.32. The number of carbonyl (C=O) groups excluding carboxylic acids is 6. The van der Waals surface area contributed by atoms with Crippen molar-refractivity contribution in [2.45, 2.75) is 80.8 Å². The molecule has 0 aromatic rings. The van der Waals surface area contributed by atoms with Gasteiger partial charge in [0, 0.05) is 71.3 Å². The molecule has 44 heavy (non-hydrogen) atoms. The van der Waals surface area contributed by atoms with E-state index in [1.807, 2.05) is 0 Å². The molecule has 14 heteroatoms. The Morgan fingerprint density at radius 2 is 0.841 bits per heavy atom. The Kier molecular flexibility index (Phi) is 20.1. The van der Waals surface area contributed by atoms with Gasteiger partial charge in [0.15, 0.2) is 0 Å². The summed E-state index contributed by atoms with van der Waals surface area (Å²) >= 11 is 0. The Balaban J connectivity index is 0. The van der Waals surface area contributed by atoms with E-state index in [1.54, 1.807) is 41.5 Å². The number of ether oxygens (including phenoxy) is 1. The standard InChI is InChI=1S/C17H30O8.C13H22O6/c1-9(2)7-11(15(19)20)14(17(23)24)12(16(21)22)8-13(10(3)4)25-6-5-18;1-6(2)5-8(11(14)15)10(13(18)19)9(7(3)4)12(16)17/h9-14,18H,5-8H2,1-4H3,(H,19,20)(H,21,22)(H,23,24);6-10H,5H2,1-4H3,(H,14,15)(H,16,17)(H,18,19)/p-6. The van der Waals surface area contributed by atoms with Crippen molar-refractivity contribution < 1.29 is 69.2 Å². The van der Waals surface area contributed by atoms with E-state index in [-0.39, 0.29) is 50.2 Å². The number of aliphatic carboxylic acids is 6. The molecule has 0 saturated heterocycles. The van der Waals surface area contributed by atoms with Crippen LogP contribution in [0.15, 0.2) is 0 Å². The highest BCUT2D eigenvalue weighted by Gasteiger charge is 2.36. The van der Waals surface area contributed by atoms with Crippen LogP contribution in [0.4, 0.5) is 0 Å². The normalized spacial score (nSPS) is 16.3. The molecule has 0 aromatic heterocycles. The number of aliphatic hydroxyl groups is 1. The molecule has 0 radical (unpaired) electrons. The molecule has 1 N–H and O–H groups in total. The lowest BCUT2D eigenvalue weighted by Gasteiger charge is -2.38. The second kappa shape index (κ2) is 20.7. The minimum absolute atomic E-state index is 0.0114. The van der Waals surface area contributed by atoms with Gasteiger partial charge in [-0.15, -0.1) is 0 Å². The van der Waals surface area contributed by atoms with Gasteiger partial charge in [0.2, 0.25) is 0 Å². The molecule has 7 atom stereocenters. The van der Waals surface area contributed by atoms with Crippen LogP contribution >= 0.6 is 0 Å². The molecule has 7 unspecified atom stereocenters. The second-order valence-corrected chi connectivity index (χ2v) is 12.4. The zero-order valence-corrected chi connectivity index (χ0v) is 26.6. The van der Waals surface area contributed by atoms with Gasteiger partial charge in [0.05, 0.1) is 19.3 Å². The quantitative estimate of drug-likeness (QED) is 0.125. The first-order valence-electron chi connectivity index (χ1n) is 14.6. The summed E-state index contributed by atoms with van der Waals surface area (Å²) in [5, 5.41) is 76.8. The molecular weight excluding hydrogens is 584 g/mol. The molecule has 0 aliphatic rings. The van der Waals surface area contributed by atoms with Gasteiger partial charge in [0.25, 0.3) is 0 Å². The maximum atomic E-state index is 11.6. The predicted molar refractivity (Wildman–Crippen MR) is 141 cm³/mol. The average molecular weight is 631 g/mol. The van der Waals surface area contributed by atoms with E-state index in [0.29, 0.717) is 0 Å². The Bertz CT molecular complexity index is 942. The molecule has 0 rings (SSSR count). The van der Waals surface area contributed by atoms with E-state index < -0.39 is 83.3 Å². The molecule has 0 aliphatic carbocycles. The van der Waals surface area contributed by atoms with Crippen LogP contribution in [0.2, 0.25) is 0 Å². The lowest BCUT2D eigenvalue weighted by molar-refractivity contribution is -0.337. The monoisotopic (exact) mass is 630 g/mol. The largest absolute Gasteiger partial charge is 0.550 e. The lowest BCUT2D eigenvalue weighted by atomic mass is 9.73. The van der Waals surface area contributed by atoms with Gasteiger partial charge >= 0.3 is 0 Å². The minimum Gasteiger partial charge on any atom is -0.550 e. The fourth-order valence-electron chi connectivity index (χ4n) is 5.17. The van der Waals surface area contributed by atoms with Crippen molar-refractivity contribution in [1.82, 2.24) is 0 Å². The summed E-state index contributed by atoms with van der Waals surface area (Å²) in [6.45, 7) is 13.0. The SMILES string of the molecule is CC(C)CC(C(=O)[O-])C(C(=O)[O-])C(C(=O)[O-])C(C)C.CC(C)CC(C(=O)[O-])C(C(=O)[O-])C(CC(OCCO)C(C)C)C(=O)[O-]. The smallest absolute Gasteiger partial charge is 0.0701 e. The van der Waals surface area contributed by atoms with Gasteiger partial charge in [-0.25, -0.2) is 0 Å². The molecule has 0 heterocycles. The Morgan fingerprint density at radius 1 is 0.500 bits per heavy atom. The molecule has 0 amide bonds. The molecule has 0 saturated carbocycles. The first kappa shape index (κ1) is 42.9. The summed E-state index contributed by atoms with van der Waals surface area (Å²) in [6.07, 6.45) is -0.995. The Morgan fingerprint density at radius 3 is 1.09 bits per heavy atom. The first-order valence-corrected chi connectivity index (χ1v) is 14.6. The molecule has 0 aliphatic heterocycles. The molecular formula is C30H46O14-6. The molecule has 0 spiro atoms. The lowest BCUT2D eigenvalue weighted by Crippen LogP contribution is -2.53. The van der Waals surface area contributed by atoms with Gasteiger partial charge in [0.1, 0.15) is 0 Å². The average Bonchev–Trinajstić information content (AvgIpc) is 2.85. The highest BCUT2D eigenvalue weighted by atomic mass is 16.5. The Labute approximate surface area is 258 Å². The summed E-state index contributed by atoms with van der Waals surface area (Å²) in [5.41, 5.74) is 0. The fourth-order valence-corrected chi connectivity index (χ4v) is 5.17. The summed E-state index contributed by atoms with van der Waals surface area (Å²) < 4.78 is 5.37. The van der Waals surface area contributed by atoms with E-state index in [2.05, 4.69) is 0 Å². The van der Waals surface area contributed by atoms with Crippen molar-refractivity contribution in [1.29, 1.82) is 0 Å². The van der Waals surface area contributed by atoms with Gasteiger partial charge in [-0.1, -0.05) is 55.4 Å². The third-order valence-electron chi connectivity index (χ3n) is 7.23. The van der Waals surface area contributed by atoms with Crippen molar-refractivity contribution in [3.8, 4) is 0 Å². The van der Waals surface area contributed by atoms with Crippen LogP contribution in [0.5, 0.6) is 0 Å². The number of hydrogen-bond donors (Lipinski definition) is 1. The number of carboxylic acid groups (broad SMARTS) is 6. The van der Waals surface area contributed by atoms with Crippen molar-refractivity contribution in [3.05, 3.63) is 0 Å². The van der Waals surface area contributed by atoms with Crippen molar-refractivity contribution >= 4 is 35.8 Å².